The van der Waals surface area contributed by atoms with Gasteiger partial charge in [-0.1, -0.05) is 6.92 Å². The van der Waals surface area contributed by atoms with E-state index < -0.39 is 0 Å². The molecule has 0 radical (unpaired) electrons. The third-order valence-corrected chi connectivity index (χ3v) is 2.48. The zero-order valence-corrected chi connectivity index (χ0v) is 7.47. The standard InChI is InChI=1S/C9H17NO/c1-3-10-7-6-8(2)4-5-9(10)11/h8H,3-7H2,1-2H3. The highest BCUT2D eigenvalue weighted by atomic mass is 16.2. The predicted octanol–water partition coefficient (Wildman–Crippen LogP) is 1.65. The third kappa shape index (κ3) is 2.21. The van der Waals surface area contributed by atoms with Gasteiger partial charge in [-0.3, -0.25) is 4.79 Å². The molecule has 1 amide bonds. The van der Waals surface area contributed by atoms with Gasteiger partial charge < -0.3 is 4.90 Å². The smallest absolute Gasteiger partial charge is 0.222 e. The molecular weight excluding hydrogens is 138 g/mol. The van der Waals surface area contributed by atoms with Gasteiger partial charge in [0, 0.05) is 19.5 Å². The molecule has 2 heteroatoms. The Labute approximate surface area is 68.6 Å². The number of hydrogen-bond donors (Lipinski definition) is 0. The van der Waals surface area contributed by atoms with Crippen molar-refractivity contribution in [2.75, 3.05) is 13.1 Å². The van der Waals surface area contributed by atoms with Crippen molar-refractivity contribution >= 4 is 5.91 Å². The number of amides is 1. The second kappa shape index (κ2) is 3.74. The summed E-state index contributed by atoms with van der Waals surface area (Å²) in [6, 6.07) is 0. The zero-order chi connectivity index (χ0) is 8.27. The Kier molecular flexibility index (Phi) is 2.92. The second-order valence-electron chi connectivity index (χ2n) is 3.41. The summed E-state index contributed by atoms with van der Waals surface area (Å²) in [4.78, 5) is 13.3. The molecule has 0 aromatic heterocycles. The summed E-state index contributed by atoms with van der Waals surface area (Å²) in [5.74, 6) is 1.08. The first-order valence-corrected chi connectivity index (χ1v) is 4.51. The molecular formula is C9H17NO. The van der Waals surface area contributed by atoms with Crippen LogP contribution in [0.5, 0.6) is 0 Å². The summed E-state index contributed by atoms with van der Waals surface area (Å²) in [7, 11) is 0. The van der Waals surface area contributed by atoms with Gasteiger partial charge in [0.1, 0.15) is 0 Å². The molecule has 0 saturated carbocycles. The molecule has 0 aromatic rings. The van der Waals surface area contributed by atoms with Crippen LogP contribution in [0.15, 0.2) is 0 Å². The monoisotopic (exact) mass is 155 g/mol. The van der Waals surface area contributed by atoms with E-state index in [4.69, 9.17) is 0 Å². The van der Waals surface area contributed by atoms with E-state index in [-0.39, 0.29) is 0 Å². The summed E-state index contributed by atoms with van der Waals surface area (Å²) in [5.41, 5.74) is 0. The van der Waals surface area contributed by atoms with Crippen LogP contribution in [0.2, 0.25) is 0 Å². The molecule has 0 aromatic carbocycles. The van der Waals surface area contributed by atoms with E-state index in [1.165, 1.54) is 6.42 Å². The van der Waals surface area contributed by atoms with E-state index in [1.54, 1.807) is 0 Å². The fourth-order valence-corrected chi connectivity index (χ4v) is 1.51. The highest BCUT2D eigenvalue weighted by Crippen LogP contribution is 2.16. The molecule has 1 aliphatic rings. The van der Waals surface area contributed by atoms with Crippen LogP contribution in [0.4, 0.5) is 0 Å². The second-order valence-corrected chi connectivity index (χ2v) is 3.41. The lowest BCUT2D eigenvalue weighted by Crippen LogP contribution is -2.29. The van der Waals surface area contributed by atoms with Crippen LogP contribution < -0.4 is 0 Å². The summed E-state index contributed by atoms with van der Waals surface area (Å²) in [5, 5.41) is 0. The highest BCUT2D eigenvalue weighted by molar-refractivity contribution is 5.76. The Morgan fingerprint density at radius 2 is 2.27 bits per heavy atom. The molecule has 1 saturated heterocycles. The Balaban J connectivity index is 2.48. The lowest BCUT2D eigenvalue weighted by atomic mass is 10.0. The normalized spacial score (nSPS) is 26.9. The number of rotatable bonds is 1. The maximum atomic E-state index is 11.3. The summed E-state index contributed by atoms with van der Waals surface area (Å²) < 4.78 is 0. The molecule has 1 atom stereocenters. The lowest BCUT2D eigenvalue weighted by Gasteiger charge is -2.17. The minimum atomic E-state index is 0.344. The maximum absolute atomic E-state index is 11.3. The number of hydrogen-bond acceptors (Lipinski definition) is 1. The largest absolute Gasteiger partial charge is 0.343 e. The zero-order valence-electron chi connectivity index (χ0n) is 7.47. The Morgan fingerprint density at radius 1 is 1.55 bits per heavy atom. The number of likely N-dealkylation sites (tertiary alicyclic amines) is 1. The maximum Gasteiger partial charge on any atom is 0.222 e. The van der Waals surface area contributed by atoms with Crippen LogP contribution in [-0.2, 0) is 4.79 Å². The lowest BCUT2D eigenvalue weighted by molar-refractivity contribution is -0.130. The van der Waals surface area contributed by atoms with Crippen molar-refractivity contribution in [3.63, 3.8) is 0 Å². The van der Waals surface area contributed by atoms with Gasteiger partial charge in [-0.05, 0) is 25.7 Å². The molecule has 1 unspecified atom stereocenters. The van der Waals surface area contributed by atoms with Crippen molar-refractivity contribution in [1.29, 1.82) is 0 Å². The average molecular weight is 155 g/mol. The first-order valence-electron chi connectivity index (χ1n) is 4.51. The van der Waals surface area contributed by atoms with Crippen LogP contribution in [0.1, 0.15) is 33.1 Å². The van der Waals surface area contributed by atoms with E-state index in [0.717, 1.165) is 31.8 Å². The topological polar surface area (TPSA) is 20.3 Å². The van der Waals surface area contributed by atoms with Crippen LogP contribution in [0, 0.1) is 5.92 Å². The van der Waals surface area contributed by atoms with Gasteiger partial charge in [-0.15, -0.1) is 0 Å². The van der Waals surface area contributed by atoms with E-state index >= 15 is 0 Å². The first kappa shape index (κ1) is 8.57. The van der Waals surface area contributed by atoms with Gasteiger partial charge in [-0.2, -0.15) is 0 Å². The van der Waals surface area contributed by atoms with Gasteiger partial charge in [-0.25, -0.2) is 0 Å². The van der Waals surface area contributed by atoms with Crippen LogP contribution in [0.25, 0.3) is 0 Å². The number of nitrogens with zero attached hydrogens (tertiary/aromatic N) is 1. The van der Waals surface area contributed by atoms with Gasteiger partial charge in [0.15, 0.2) is 0 Å². The van der Waals surface area contributed by atoms with Gasteiger partial charge in [0.2, 0.25) is 5.91 Å². The molecule has 11 heavy (non-hydrogen) atoms. The Bertz CT molecular complexity index is 144. The summed E-state index contributed by atoms with van der Waals surface area (Å²) in [6.45, 7) is 6.13. The van der Waals surface area contributed by atoms with Crippen molar-refractivity contribution in [2.24, 2.45) is 5.92 Å². The quantitative estimate of drug-likeness (QED) is 0.564. The fourth-order valence-electron chi connectivity index (χ4n) is 1.51. The molecule has 1 fully saturated rings. The predicted molar refractivity (Wildman–Crippen MR) is 45.3 cm³/mol. The van der Waals surface area contributed by atoms with Crippen molar-refractivity contribution in [2.45, 2.75) is 33.1 Å². The van der Waals surface area contributed by atoms with Crippen LogP contribution >= 0.6 is 0 Å². The summed E-state index contributed by atoms with van der Waals surface area (Å²) >= 11 is 0. The minimum Gasteiger partial charge on any atom is -0.343 e. The van der Waals surface area contributed by atoms with E-state index in [2.05, 4.69) is 6.92 Å². The molecule has 1 heterocycles. The highest BCUT2D eigenvalue weighted by Gasteiger charge is 2.17. The van der Waals surface area contributed by atoms with Crippen molar-refractivity contribution in [1.82, 2.24) is 4.90 Å². The first-order chi connectivity index (χ1) is 5.24. The molecule has 1 aliphatic heterocycles. The van der Waals surface area contributed by atoms with Crippen LogP contribution in [0.3, 0.4) is 0 Å². The molecule has 0 bridgehead atoms. The van der Waals surface area contributed by atoms with Crippen molar-refractivity contribution in [3.05, 3.63) is 0 Å². The molecule has 2 nitrogen and oxygen atoms in total. The van der Waals surface area contributed by atoms with E-state index in [0.29, 0.717) is 5.91 Å². The van der Waals surface area contributed by atoms with Crippen LogP contribution in [-0.4, -0.2) is 23.9 Å². The van der Waals surface area contributed by atoms with Gasteiger partial charge >= 0.3 is 0 Å². The number of carbonyl (C=O) groups excluding carboxylic acids is 1. The van der Waals surface area contributed by atoms with Crippen molar-refractivity contribution < 1.29 is 4.79 Å². The van der Waals surface area contributed by atoms with E-state index in [9.17, 15) is 4.79 Å². The molecule has 1 rings (SSSR count). The van der Waals surface area contributed by atoms with Gasteiger partial charge in [0.05, 0.1) is 0 Å². The average Bonchev–Trinajstić information content (AvgIpc) is 2.15. The fraction of sp³-hybridized carbons (Fsp3) is 0.889. The molecule has 0 N–H and O–H groups in total. The minimum absolute atomic E-state index is 0.344. The Morgan fingerprint density at radius 3 is 2.91 bits per heavy atom. The van der Waals surface area contributed by atoms with Crippen molar-refractivity contribution in [3.8, 4) is 0 Å². The Hall–Kier alpha value is -0.530. The molecule has 0 aliphatic carbocycles. The SMILES string of the molecule is CCN1CCC(C)CCC1=O. The summed E-state index contributed by atoms with van der Waals surface area (Å²) in [6.07, 6.45) is 3.02. The molecule has 64 valence electrons. The molecule has 0 spiro atoms. The number of carbonyl (C=O) groups is 1. The third-order valence-electron chi connectivity index (χ3n) is 2.48. The van der Waals surface area contributed by atoms with Gasteiger partial charge in [0.25, 0.3) is 0 Å². The van der Waals surface area contributed by atoms with E-state index in [1.807, 2.05) is 11.8 Å².